The second-order valence-corrected chi connectivity index (χ2v) is 6.93. The maximum atomic E-state index is 13.1. The summed E-state index contributed by atoms with van der Waals surface area (Å²) in [5.41, 5.74) is 1.68. The number of hydrogen-bond donors (Lipinski definition) is 1. The molecule has 2 heterocycles. The van der Waals surface area contributed by atoms with Crippen LogP contribution >= 0.6 is 11.6 Å². The van der Waals surface area contributed by atoms with Crippen molar-refractivity contribution in [2.24, 2.45) is 0 Å². The number of amides is 1. The van der Waals surface area contributed by atoms with E-state index < -0.39 is 0 Å². The molecule has 8 heteroatoms. The van der Waals surface area contributed by atoms with Crippen LogP contribution in [-0.2, 0) is 0 Å². The number of methoxy groups -OCH3 is 2. The van der Waals surface area contributed by atoms with Gasteiger partial charge in [0.1, 0.15) is 22.6 Å². The first kappa shape index (κ1) is 18.4. The summed E-state index contributed by atoms with van der Waals surface area (Å²) < 4.78 is 16.4. The van der Waals surface area contributed by atoms with E-state index in [2.05, 4.69) is 10.3 Å². The molecule has 2 aromatic carbocycles. The number of carbonyl (C=O) groups is 1. The van der Waals surface area contributed by atoms with Gasteiger partial charge in [-0.05, 0) is 30.7 Å². The Kier molecular flexibility index (Phi) is 5.00. The minimum atomic E-state index is -0.126. The van der Waals surface area contributed by atoms with E-state index in [-0.39, 0.29) is 11.9 Å². The van der Waals surface area contributed by atoms with Gasteiger partial charge in [-0.25, -0.2) is 0 Å². The number of likely N-dealkylation sites (tertiary alicyclic amines) is 1. The summed E-state index contributed by atoms with van der Waals surface area (Å²) >= 11 is 6.14. The summed E-state index contributed by atoms with van der Waals surface area (Å²) in [7, 11) is 3.08. The molecule has 1 aromatic heterocycles. The highest BCUT2D eigenvalue weighted by Crippen LogP contribution is 2.31. The van der Waals surface area contributed by atoms with Crippen LogP contribution in [0.25, 0.3) is 11.1 Å². The van der Waals surface area contributed by atoms with Crippen molar-refractivity contribution in [3.8, 4) is 11.5 Å². The smallest absolute Gasteiger partial charge is 0.296 e. The molecule has 28 heavy (non-hydrogen) atoms. The molecule has 0 spiro atoms. The highest BCUT2D eigenvalue weighted by molar-refractivity contribution is 6.34. The summed E-state index contributed by atoms with van der Waals surface area (Å²) in [5.74, 6) is 0.864. The van der Waals surface area contributed by atoms with E-state index in [1.165, 1.54) is 14.2 Å². The SMILES string of the molecule is COc1cccc(OC)c1C(=O)N1CCC(Nc2nc3cccc(Cl)c3o2)C1. The maximum absolute atomic E-state index is 13.1. The van der Waals surface area contributed by atoms with Gasteiger partial charge in [0.2, 0.25) is 0 Å². The van der Waals surface area contributed by atoms with Gasteiger partial charge >= 0.3 is 0 Å². The number of halogens is 1. The fraction of sp³-hybridized carbons (Fsp3) is 0.300. The monoisotopic (exact) mass is 401 g/mol. The van der Waals surface area contributed by atoms with Crippen LogP contribution in [0.4, 0.5) is 6.01 Å². The van der Waals surface area contributed by atoms with Crippen LogP contribution in [0.5, 0.6) is 11.5 Å². The lowest BCUT2D eigenvalue weighted by molar-refractivity contribution is 0.0784. The molecular weight excluding hydrogens is 382 g/mol. The minimum Gasteiger partial charge on any atom is -0.496 e. The van der Waals surface area contributed by atoms with E-state index in [1.54, 1.807) is 29.2 Å². The molecule has 146 valence electrons. The number of rotatable bonds is 5. The lowest BCUT2D eigenvalue weighted by Crippen LogP contribution is -2.32. The normalized spacial score (nSPS) is 16.4. The van der Waals surface area contributed by atoms with Gasteiger partial charge in [-0.1, -0.05) is 23.7 Å². The molecule has 7 nitrogen and oxygen atoms in total. The summed E-state index contributed by atoms with van der Waals surface area (Å²) in [4.78, 5) is 19.3. The number of anilines is 1. The van der Waals surface area contributed by atoms with E-state index in [9.17, 15) is 4.79 Å². The number of nitrogens with one attached hydrogen (secondary N) is 1. The Labute approximate surface area is 167 Å². The Morgan fingerprint density at radius 3 is 2.61 bits per heavy atom. The Balaban J connectivity index is 1.49. The highest BCUT2D eigenvalue weighted by Gasteiger charge is 2.31. The first-order valence-electron chi connectivity index (χ1n) is 8.92. The number of fused-ring (bicyclic) bond motifs is 1. The summed E-state index contributed by atoms with van der Waals surface area (Å²) in [5, 5.41) is 3.78. The number of benzene rings is 2. The second-order valence-electron chi connectivity index (χ2n) is 6.53. The maximum Gasteiger partial charge on any atom is 0.296 e. The summed E-state index contributed by atoms with van der Waals surface area (Å²) in [6, 6.07) is 11.2. The van der Waals surface area contributed by atoms with Gasteiger partial charge in [0.05, 0.1) is 19.2 Å². The van der Waals surface area contributed by atoms with E-state index >= 15 is 0 Å². The van der Waals surface area contributed by atoms with Crippen LogP contribution in [0.1, 0.15) is 16.8 Å². The van der Waals surface area contributed by atoms with Gasteiger partial charge < -0.3 is 24.1 Å². The van der Waals surface area contributed by atoms with E-state index in [4.69, 9.17) is 25.5 Å². The first-order valence-corrected chi connectivity index (χ1v) is 9.30. The van der Waals surface area contributed by atoms with Gasteiger partial charge in [0.25, 0.3) is 11.9 Å². The average Bonchev–Trinajstić information content (AvgIpc) is 3.34. The fourth-order valence-electron chi connectivity index (χ4n) is 3.43. The van der Waals surface area contributed by atoms with E-state index in [1.807, 2.05) is 12.1 Å². The highest BCUT2D eigenvalue weighted by atomic mass is 35.5. The summed E-state index contributed by atoms with van der Waals surface area (Å²) in [6.45, 7) is 1.13. The van der Waals surface area contributed by atoms with Gasteiger partial charge in [-0.3, -0.25) is 4.79 Å². The molecule has 1 fully saturated rings. The minimum absolute atomic E-state index is 0.0245. The molecule has 1 aliphatic heterocycles. The Bertz CT molecular complexity index is 998. The second kappa shape index (κ2) is 7.59. The Hall–Kier alpha value is -2.93. The van der Waals surface area contributed by atoms with Crippen molar-refractivity contribution in [1.82, 2.24) is 9.88 Å². The molecule has 4 rings (SSSR count). The zero-order valence-electron chi connectivity index (χ0n) is 15.6. The number of aromatic nitrogens is 1. The number of hydrogen-bond acceptors (Lipinski definition) is 6. The lowest BCUT2D eigenvalue weighted by atomic mass is 10.1. The van der Waals surface area contributed by atoms with E-state index in [0.29, 0.717) is 52.3 Å². The van der Waals surface area contributed by atoms with Crippen molar-refractivity contribution in [2.75, 3.05) is 32.6 Å². The Morgan fingerprint density at radius 1 is 1.21 bits per heavy atom. The number of nitrogens with zero attached hydrogens (tertiary/aromatic N) is 2. The largest absolute Gasteiger partial charge is 0.496 e. The van der Waals surface area contributed by atoms with Crippen molar-refractivity contribution in [3.05, 3.63) is 47.0 Å². The van der Waals surface area contributed by atoms with Crippen molar-refractivity contribution in [3.63, 3.8) is 0 Å². The molecule has 0 aliphatic carbocycles. The standard InChI is InChI=1S/C20H20ClN3O4/c1-26-15-7-4-8-16(27-2)17(15)19(25)24-10-9-12(11-24)22-20-23-14-6-3-5-13(21)18(14)28-20/h3-8,12H,9-11H2,1-2H3,(H,22,23). The van der Waals surface area contributed by atoms with Crippen LogP contribution < -0.4 is 14.8 Å². The van der Waals surface area contributed by atoms with Crippen molar-refractivity contribution in [2.45, 2.75) is 12.5 Å². The molecule has 0 saturated carbocycles. The number of carbonyl (C=O) groups excluding carboxylic acids is 1. The molecule has 0 bridgehead atoms. The van der Waals surface area contributed by atoms with Crippen LogP contribution in [0.3, 0.4) is 0 Å². The molecule has 1 unspecified atom stereocenters. The first-order chi connectivity index (χ1) is 13.6. The quantitative estimate of drug-likeness (QED) is 0.700. The predicted molar refractivity (Wildman–Crippen MR) is 106 cm³/mol. The average molecular weight is 402 g/mol. The van der Waals surface area contributed by atoms with Crippen LogP contribution in [0.15, 0.2) is 40.8 Å². The number of ether oxygens (including phenoxy) is 2. The van der Waals surface area contributed by atoms with Crippen LogP contribution in [-0.4, -0.2) is 49.1 Å². The third kappa shape index (κ3) is 3.33. The van der Waals surface area contributed by atoms with Gasteiger partial charge in [0, 0.05) is 19.1 Å². The fourth-order valence-corrected chi connectivity index (χ4v) is 3.64. The zero-order chi connectivity index (χ0) is 19.7. The molecule has 3 aromatic rings. The van der Waals surface area contributed by atoms with E-state index in [0.717, 1.165) is 6.42 Å². The van der Waals surface area contributed by atoms with Gasteiger partial charge in [-0.2, -0.15) is 4.98 Å². The summed E-state index contributed by atoms with van der Waals surface area (Å²) in [6.07, 6.45) is 0.773. The lowest BCUT2D eigenvalue weighted by Gasteiger charge is -2.20. The molecule has 1 amide bonds. The van der Waals surface area contributed by atoms with Crippen molar-refractivity contribution < 1.29 is 18.7 Å². The molecule has 0 radical (unpaired) electrons. The Morgan fingerprint density at radius 2 is 1.93 bits per heavy atom. The third-order valence-electron chi connectivity index (χ3n) is 4.81. The predicted octanol–water partition coefficient (Wildman–Crippen LogP) is 3.83. The topological polar surface area (TPSA) is 76.8 Å². The molecule has 1 aliphatic rings. The molecular formula is C20H20ClN3O4. The molecule has 1 saturated heterocycles. The molecule has 1 atom stereocenters. The van der Waals surface area contributed by atoms with Gasteiger partial charge in [-0.15, -0.1) is 0 Å². The number of para-hydroxylation sites is 1. The zero-order valence-corrected chi connectivity index (χ0v) is 16.3. The van der Waals surface area contributed by atoms with Gasteiger partial charge in [0.15, 0.2) is 5.58 Å². The van der Waals surface area contributed by atoms with Crippen molar-refractivity contribution in [1.29, 1.82) is 0 Å². The molecule has 1 N–H and O–H groups in total. The van der Waals surface area contributed by atoms with Crippen molar-refractivity contribution >= 4 is 34.6 Å². The van der Waals surface area contributed by atoms with Crippen LogP contribution in [0.2, 0.25) is 5.02 Å². The number of oxazole rings is 1. The third-order valence-corrected chi connectivity index (χ3v) is 5.11. The van der Waals surface area contributed by atoms with Crippen LogP contribution in [0, 0.1) is 0 Å².